The molecule has 0 aliphatic rings. The molecule has 0 spiro atoms. The summed E-state index contributed by atoms with van der Waals surface area (Å²) in [7, 11) is 3.39. The highest BCUT2D eigenvalue weighted by Crippen LogP contribution is 2.19. The largest absolute Gasteiger partial charge is 0.497 e. The third-order valence-electron chi connectivity index (χ3n) is 3.74. The maximum Gasteiger partial charge on any atom is 0.193 e. The molecule has 0 aliphatic heterocycles. The Hall–Kier alpha value is -2.01. The van der Waals surface area contributed by atoms with Crippen LogP contribution in [0.4, 0.5) is 0 Å². The highest BCUT2D eigenvalue weighted by molar-refractivity contribution is 14.0. The van der Waals surface area contributed by atoms with Gasteiger partial charge in [0, 0.05) is 30.9 Å². The number of ether oxygens (including phenoxy) is 2. The van der Waals surface area contributed by atoms with Crippen molar-refractivity contribution in [1.29, 1.82) is 0 Å². The van der Waals surface area contributed by atoms with Crippen LogP contribution in [-0.2, 0) is 6.54 Å². The van der Waals surface area contributed by atoms with E-state index in [1.807, 2.05) is 53.4 Å². The smallest absolute Gasteiger partial charge is 0.193 e. The maximum absolute atomic E-state index is 5.90. The van der Waals surface area contributed by atoms with Crippen molar-refractivity contribution >= 4 is 46.2 Å². The number of imidazole rings is 1. The third kappa shape index (κ3) is 5.99. The van der Waals surface area contributed by atoms with Crippen molar-refractivity contribution in [2.24, 2.45) is 4.99 Å². The molecule has 2 N–H and O–H groups in total. The number of nitrogens with zero attached hydrogens (tertiary/aromatic N) is 3. The molecule has 1 unspecified atom stereocenters. The molecule has 0 saturated carbocycles. The second-order valence-electron chi connectivity index (χ2n) is 5.74. The van der Waals surface area contributed by atoms with Crippen molar-refractivity contribution in [2.75, 3.05) is 20.7 Å². The second kappa shape index (κ2) is 10.4. The standard InChI is InChI=1S/C18H23N5O2S.HI/c1-13(25-16-6-4-5-15(9-16)24-3)10-20-17(19-2)21-11-14-12-23-7-8-26-18(23)22-14;/h4-9,12-13H,10-11H2,1-3H3,(H2,19,20,21);1H. The molecule has 146 valence electrons. The molecule has 3 rings (SSSR count). The summed E-state index contributed by atoms with van der Waals surface area (Å²) in [5.41, 5.74) is 0.973. The summed E-state index contributed by atoms with van der Waals surface area (Å²) in [6.07, 6.45) is 3.99. The van der Waals surface area contributed by atoms with Crippen molar-refractivity contribution in [2.45, 2.75) is 19.6 Å². The molecule has 1 aromatic carbocycles. The maximum atomic E-state index is 5.90. The average Bonchev–Trinajstić information content (AvgIpc) is 3.23. The van der Waals surface area contributed by atoms with Crippen LogP contribution in [0.25, 0.3) is 4.96 Å². The van der Waals surface area contributed by atoms with E-state index in [2.05, 4.69) is 20.6 Å². The van der Waals surface area contributed by atoms with Gasteiger partial charge >= 0.3 is 0 Å². The monoisotopic (exact) mass is 501 g/mol. The van der Waals surface area contributed by atoms with Crippen molar-refractivity contribution in [3.8, 4) is 11.5 Å². The number of benzene rings is 1. The lowest BCUT2D eigenvalue weighted by Gasteiger charge is -2.17. The van der Waals surface area contributed by atoms with E-state index < -0.39 is 0 Å². The average molecular weight is 501 g/mol. The molecule has 0 amide bonds. The molecule has 27 heavy (non-hydrogen) atoms. The van der Waals surface area contributed by atoms with Gasteiger partial charge in [0.1, 0.15) is 17.6 Å². The number of nitrogens with one attached hydrogen (secondary N) is 2. The molecule has 1 atom stereocenters. The quantitative estimate of drug-likeness (QED) is 0.296. The molecule has 0 bridgehead atoms. The summed E-state index contributed by atoms with van der Waals surface area (Å²) in [6, 6.07) is 7.58. The van der Waals surface area contributed by atoms with Gasteiger partial charge in [-0.1, -0.05) is 6.07 Å². The lowest BCUT2D eigenvalue weighted by atomic mass is 10.3. The number of methoxy groups -OCH3 is 1. The Balaban J connectivity index is 0.00000261. The minimum Gasteiger partial charge on any atom is -0.497 e. The van der Waals surface area contributed by atoms with E-state index in [0.717, 1.165) is 22.2 Å². The van der Waals surface area contributed by atoms with Crippen molar-refractivity contribution in [3.05, 3.63) is 47.7 Å². The van der Waals surface area contributed by atoms with Gasteiger partial charge in [0.2, 0.25) is 0 Å². The van der Waals surface area contributed by atoms with Crippen LogP contribution in [0.5, 0.6) is 11.5 Å². The lowest BCUT2D eigenvalue weighted by Crippen LogP contribution is -2.41. The predicted octanol–water partition coefficient (Wildman–Crippen LogP) is 3.15. The van der Waals surface area contributed by atoms with Crippen LogP contribution in [-0.4, -0.2) is 42.2 Å². The first kappa shape index (κ1) is 21.3. The summed E-state index contributed by atoms with van der Waals surface area (Å²) in [4.78, 5) is 9.77. The molecule has 2 heterocycles. The molecule has 3 aromatic rings. The predicted molar refractivity (Wildman–Crippen MR) is 120 cm³/mol. The number of hydrogen-bond donors (Lipinski definition) is 2. The van der Waals surface area contributed by atoms with Crippen LogP contribution in [0.15, 0.2) is 47.0 Å². The Morgan fingerprint density at radius 2 is 2.15 bits per heavy atom. The van der Waals surface area contributed by atoms with Gasteiger partial charge in [0.25, 0.3) is 0 Å². The Bertz CT molecular complexity index is 851. The molecule has 2 aromatic heterocycles. The van der Waals surface area contributed by atoms with Crippen molar-refractivity contribution < 1.29 is 9.47 Å². The summed E-state index contributed by atoms with van der Waals surface area (Å²) in [5, 5.41) is 8.55. The minimum absolute atomic E-state index is 0. The Morgan fingerprint density at radius 1 is 1.33 bits per heavy atom. The number of thiazole rings is 1. The van der Waals surface area contributed by atoms with Gasteiger partial charge in [-0.25, -0.2) is 4.98 Å². The van der Waals surface area contributed by atoms with E-state index in [9.17, 15) is 0 Å². The van der Waals surface area contributed by atoms with Gasteiger partial charge in [0.05, 0.1) is 25.9 Å². The number of hydrogen-bond acceptors (Lipinski definition) is 5. The van der Waals surface area contributed by atoms with E-state index in [-0.39, 0.29) is 30.1 Å². The highest BCUT2D eigenvalue weighted by atomic mass is 127. The fourth-order valence-electron chi connectivity index (χ4n) is 2.45. The molecule has 0 radical (unpaired) electrons. The first-order valence-corrected chi connectivity index (χ1v) is 9.22. The summed E-state index contributed by atoms with van der Waals surface area (Å²) < 4.78 is 13.1. The summed E-state index contributed by atoms with van der Waals surface area (Å²) >= 11 is 1.62. The van der Waals surface area contributed by atoms with E-state index in [4.69, 9.17) is 9.47 Å². The number of guanidine groups is 1. The van der Waals surface area contributed by atoms with Crippen LogP contribution in [0, 0.1) is 0 Å². The number of aliphatic imine (C=N–C) groups is 1. The number of rotatable bonds is 7. The Kier molecular flexibility index (Phi) is 8.17. The fourth-order valence-corrected chi connectivity index (χ4v) is 3.16. The SMILES string of the molecule is CN=C(NCc1cn2ccsc2n1)NCC(C)Oc1cccc(OC)c1.I. The zero-order chi connectivity index (χ0) is 18.4. The van der Waals surface area contributed by atoms with E-state index in [1.54, 1.807) is 25.5 Å². The molecular formula is C18H24IN5O2S. The fraction of sp³-hybridized carbons (Fsp3) is 0.333. The number of aromatic nitrogens is 2. The van der Waals surface area contributed by atoms with Gasteiger partial charge in [-0.15, -0.1) is 35.3 Å². The molecule has 7 nitrogen and oxygen atoms in total. The Morgan fingerprint density at radius 3 is 2.89 bits per heavy atom. The minimum atomic E-state index is -0.0291. The zero-order valence-corrected chi connectivity index (χ0v) is 18.7. The van der Waals surface area contributed by atoms with Crippen LogP contribution >= 0.6 is 35.3 Å². The first-order chi connectivity index (χ1) is 12.7. The van der Waals surface area contributed by atoms with Crippen LogP contribution in [0.3, 0.4) is 0 Å². The topological polar surface area (TPSA) is 72.2 Å². The van der Waals surface area contributed by atoms with Crippen molar-refractivity contribution in [3.63, 3.8) is 0 Å². The molecule has 0 saturated heterocycles. The molecular weight excluding hydrogens is 477 g/mol. The van der Waals surface area contributed by atoms with Crippen LogP contribution in [0.2, 0.25) is 0 Å². The van der Waals surface area contributed by atoms with E-state index in [1.165, 1.54) is 0 Å². The van der Waals surface area contributed by atoms with Gasteiger partial charge < -0.3 is 20.1 Å². The van der Waals surface area contributed by atoms with Crippen LogP contribution < -0.4 is 20.1 Å². The lowest BCUT2D eigenvalue weighted by molar-refractivity contribution is 0.223. The number of fused-ring (bicyclic) bond motifs is 1. The van der Waals surface area contributed by atoms with Crippen LogP contribution in [0.1, 0.15) is 12.6 Å². The molecule has 0 fully saturated rings. The van der Waals surface area contributed by atoms with Gasteiger partial charge in [-0.3, -0.25) is 9.39 Å². The van der Waals surface area contributed by atoms with E-state index in [0.29, 0.717) is 19.0 Å². The third-order valence-corrected chi connectivity index (χ3v) is 4.51. The van der Waals surface area contributed by atoms with Crippen molar-refractivity contribution in [1.82, 2.24) is 20.0 Å². The highest BCUT2D eigenvalue weighted by Gasteiger charge is 2.08. The molecule has 0 aliphatic carbocycles. The number of halogens is 1. The zero-order valence-electron chi connectivity index (χ0n) is 15.5. The Labute approximate surface area is 179 Å². The first-order valence-electron chi connectivity index (χ1n) is 8.34. The molecule has 9 heteroatoms. The van der Waals surface area contributed by atoms with E-state index >= 15 is 0 Å². The summed E-state index contributed by atoms with van der Waals surface area (Å²) in [6.45, 7) is 3.23. The summed E-state index contributed by atoms with van der Waals surface area (Å²) in [5.74, 6) is 2.27. The van der Waals surface area contributed by atoms with Gasteiger partial charge in [-0.05, 0) is 19.1 Å². The van der Waals surface area contributed by atoms with Gasteiger partial charge in [0.15, 0.2) is 10.9 Å². The second-order valence-corrected chi connectivity index (χ2v) is 6.61. The van der Waals surface area contributed by atoms with Gasteiger partial charge in [-0.2, -0.15) is 0 Å². The normalized spacial score (nSPS) is 12.3.